The molecule has 7 heteroatoms. The number of nitrogens with zero attached hydrogens (tertiary/aromatic N) is 2. The van der Waals surface area contributed by atoms with Crippen molar-refractivity contribution in [2.24, 2.45) is 0 Å². The standard InChI is InChI=1S/C22H23N3O4/c1-3-13-23-20(26)15(2)29-22(28)19-17-11-7-8-12-18(17)21(27)25(24-19)14-16-9-5-4-6-10-16/h4-12,15H,3,13-14H2,1-2H3,(H,23,26). The number of esters is 1. The molecule has 0 bridgehead atoms. The van der Waals surface area contributed by atoms with Gasteiger partial charge in [0.2, 0.25) is 0 Å². The number of carbonyl (C=O) groups excluding carboxylic acids is 2. The highest BCUT2D eigenvalue weighted by Crippen LogP contribution is 2.15. The van der Waals surface area contributed by atoms with Crippen molar-refractivity contribution < 1.29 is 14.3 Å². The summed E-state index contributed by atoms with van der Waals surface area (Å²) in [5.41, 5.74) is 0.588. The van der Waals surface area contributed by atoms with Gasteiger partial charge in [0.25, 0.3) is 11.5 Å². The molecular weight excluding hydrogens is 370 g/mol. The van der Waals surface area contributed by atoms with Crippen LogP contribution in [0.4, 0.5) is 0 Å². The van der Waals surface area contributed by atoms with E-state index >= 15 is 0 Å². The van der Waals surface area contributed by atoms with Crippen molar-refractivity contribution >= 4 is 22.6 Å². The first-order chi connectivity index (χ1) is 14.0. The minimum atomic E-state index is -0.968. The van der Waals surface area contributed by atoms with E-state index in [0.717, 1.165) is 12.0 Å². The van der Waals surface area contributed by atoms with Gasteiger partial charge in [0, 0.05) is 11.9 Å². The smallest absolute Gasteiger partial charge is 0.360 e. The van der Waals surface area contributed by atoms with Crippen LogP contribution in [0.3, 0.4) is 0 Å². The van der Waals surface area contributed by atoms with Crippen LogP contribution >= 0.6 is 0 Å². The summed E-state index contributed by atoms with van der Waals surface area (Å²) in [6, 6.07) is 16.1. The molecule has 0 aliphatic heterocycles. The topological polar surface area (TPSA) is 90.3 Å². The molecule has 150 valence electrons. The number of hydrogen-bond donors (Lipinski definition) is 1. The molecule has 0 saturated heterocycles. The van der Waals surface area contributed by atoms with E-state index < -0.39 is 12.1 Å². The molecule has 0 radical (unpaired) electrons. The maximum absolute atomic E-state index is 12.8. The quantitative estimate of drug-likeness (QED) is 0.623. The molecule has 2 aromatic carbocycles. The van der Waals surface area contributed by atoms with Crippen LogP contribution in [-0.4, -0.2) is 34.3 Å². The molecule has 3 rings (SSSR count). The maximum atomic E-state index is 12.8. The van der Waals surface area contributed by atoms with Gasteiger partial charge in [-0.25, -0.2) is 9.48 Å². The van der Waals surface area contributed by atoms with Gasteiger partial charge in [0.15, 0.2) is 11.8 Å². The largest absolute Gasteiger partial charge is 0.448 e. The van der Waals surface area contributed by atoms with Gasteiger partial charge in [-0.15, -0.1) is 0 Å². The molecule has 0 fully saturated rings. The molecule has 1 unspecified atom stereocenters. The number of nitrogens with one attached hydrogen (secondary N) is 1. The Kier molecular flexibility index (Phi) is 6.39. The highest BCUT2D eigenvalue weighted by atomic mass is 16.5. The molecule has 0 saturated carbocycles. The molecule has 7 nitrogen and oxygen atoms in total. The van der Waals surface area contributed by atoms with Gasteiger partial charge in [0.05, 0.1) is 11.9 Å². The fourth-order valence-corrected chi connectivity index (χ4v) is 2.91. The lowest BCUT2D eigenvalue weighted by atomic mass is 10.1. The Morgan fingerprint density at radius 1 is 1.07 bits per heavy atom. The summed E-state index contributed by atoms with van der Waals surface area (Å²) >= 11 is 0. The summed E-state index contributed by atoms with van der Waals surface area (Å²) in [6.07, 6.45) is -0.188. The molecule has 0 aliphatic carbocycles. The van der Waals surface area contributed by atoms with Crippen molar-refractivity contribution in [2.45, 2.75) is 32.9 Å². The average Bonchev–Trinajstić information content (AvgIpc) is 2.74. The highest BCUT2D eigenvalue weighted by Gasteiger charge is 2.23. The minimum absolute atomic E-state index is 0.00581. The lowest BCUT2D eigenvalue weighted by molar-refractivity contribution is -0.129. The van der Waals surface area contributed by atoms with E-state index in [2.05, 4.69) is 10.4 Å². The second-order valence-electron chi connectivity index (χ2n) is 6.68. The molecule has 1 N–H and O–H groups in total. The zero-order chi connectivity index (χ0) is 20.8. The normalized spacial score (nSPS) is 11.8. The number of rotatable bonds is 7. The lowest BCUT2D eigenvalue weighted by Crippen LogP contribution is -2.36. The van der Waals surface area contributed by atoms with E-state index in [1.54, 1.807) is 24.3 Å². The summed E-state index contributed by atoms with van der Waals surface area (Å²) < 4.78 is 6.57. The van der Waals surface area contributed by atoms with Crippen LogP contribution in [0.5, 0.6) is 0 Å². The van der Waals surface area contributed by atoms with Crippen molar-refractivity contribution in [3.63, 3.8) is 0 Å². The third-order valence-corrected chi connectivity index (χ3v) is 4.44. The summed E-state index contributed by atoms with van der Waals surface area (Å²) in [4.78, 5) is 37.7. The van der Waals surface area contributed by atoms with E-state index in [1.165, 1.54) is 11.6 Å². The van der Waals surface area contributed by atoms with Gasteiger partial charge < -0.3 is 10.1 Å². The van der Waals surface area contributed by atoms with E-state index in [4.69, 9.17) is 4.74 Å². The van der Waals surface area contributed by atoms with Crippen LogP contribution in [0.2, 0.25) is 0 Å². The van der Waals surface area contributed by atoms with Crippen LogP contribution in [0.15, 0.2) is 59.4 Å². The molecule has 1 aromatic heterocycles. The first kappa shape index (κ1) is 20.3. The van der Waals surface area contributed by atoms with Crippen molar-refractivity contribution in [3.05, 3.63) is 76.2 Å². The zero-order valence-electron chi connectivity index (χ0n) is 16.4. The third kappa shape index (κ3) is 4.68. The number of ether oxygens (including phenoxy) is 1. The van der Waals surface area contributed by atoms with Crippen molar-refractivity contribution in [2.75, 3.05) is 6.54 Å². The van der Waals surface area contributed by atoms with Gasteiger partial charge in [-0.2, -0.15) is 5.10 Å². The predicted molar refractivity (Wildman–Crippen MR) is 110 cm³/mol. The summed E-state index contributed by atoms with van der Waals surface area (Å²) in [7, 11) is 0. The molecule has 0 spiro atoms. The van der Waals surface area contributed by atoms with Gasteiger partial charge >= 0.3 is 5.97 Å². The summed E-state index contributed by atoms with van der Waals surface area (Å²) in [5.74, 6) is -1.12. The first-order valence-corrected chi connectivity index (χ1v) is 9.53. The van der Waals surface area contributed by atoms with Crippen LogP contribution in [0.1, 0.15) is 36.3 Å². The number of benzene rings is 2. The van der Waals surface area contributed by atoms with Crippen LogP contribution in [-0.2, 0) is 16.1 Å². The van der Waals surface area contributed by atoms with Crippen molar-refractivity contribution in [1.82, 2.24) is 15.1 Å². The zero-order valence-corrected chi connectivity index (χ0v) is 16.4. The maximum Gasteiger partial charge on any atom is 0.360 e. The van der Waals surface area contributed by atoms with Gasteiger partial charge in [-0.1, -0.05) is 55.5 Å². The number of carbonyl (C=O) groups is 2. The first-order valence-electron chi connectivity index (χ1n) is 9.53. The van der Waals surface area contributed by atoms with E-state index in [1.807, 2.05) is 37.3 Å². The monoisotopic (exact) mass is 393 g/mol. The fourth-order valence-electron chi connectivity index (χ4n) is 2.91. The Bertz CT molecular complexity index is 1080. The SMILES string of the molecule is CCCNC(=O)C(C)OC(=O)c1nn(Cc2ccccc2)c(=O)c2ccccc12. The van der Waals surface area contributed by atoms with Crippen molar-refractivity contribution in [3.8, 4) is 0 Å². The Hall–Kier alpha value is -3.48. The van der Waals surface area contributed by atoms with E-state index in [9.17, 15) is 14.4 Å². The number of amides is 1. The summed E-state index contributed by atoms with van der Waals surface area (Å²) in [5, 5.41) is 7.72. The lowest BCUT2D eigenvalue weighted by Gasteiger charge is -2.15. The Morgan fingerprint density at radius 3 is 2.41 bits per heavy atom. The Balaban J connectivity index is 1.96. The molecule has 1 atom stereocenters. The van der Waals surface area contributed by atoms with E-state index in [-0.39, 0.29) is 23.7 Å². The summed E-state index contributed by atoms with van der Waals surface area (Å²) in [6.45, 7) is 4.16. The predicted octanol–water partition coefficient (Wildman–Crippen LogP) is 2.52. The van der Waals surface area contributed by atoms with E-state index in [0.29, 0.717) is 17.3 Å². The molecule has 1 amide bonds. The van der Waals surface area contributed by atoms with Crippen LogP contribution in [0.25, 0.3) is 10.8 Å². The number of hydrogen-bond acceptors (Lipinski definition) is 5. The Labute approximate surface area is 168 Å². The molecule has 1 heterocycles. The molecule has 29 heavy (non-hydrogen) atoms. The van der Waals surface area contributed by atoms with Gasteiger partial charge in [-0.05, 0) is 25.0 Å². The number of fused-ring (bicyclic) bond motifs is 1. The molecular formula is C22H23N3O4. The molecule has 0 aliphatic rings. The van der Waals surface area contributed by atoms with Crippen LogP contribution < -0.4 is 10.9 Å². The Morgan fingerprint density at radius 2 is 1.72 bits per heavy atom. The minimum Gasteiger partial charge on any atom is -0.448 e. The highest BCUT2D eigenvalue weighted by molar-refractivity contribution is 6.02. The fraction of sp³-hybridized carbons (Fsp3) is 0.273. The molecule has 3 aromatic rings. The third-order valence-electron chi connectivity index (χ3n) is 4.44. The van der Waals surface area contributed by atoms with Crippen LogP contribution in [0, 0.1) is 0 Å². The second kappa shape index (κ2) is 9.14. The van der Waals surface area contributed by atoms with Gasteiger partial charge in [0.1, 0.15) is 0 Å². The van der Waals surface area contributed by atoms with Crippen molar-refractivity contribution in [1.29, 1.82) is 0 Å². The second-order valence-corrected chi connectivity index (χ2v) is 6.68. The number of aromatic nitrogens is 2. The average molecular weight is 393 g/mol. The van der Waals surface area contributed by atoms with Gasteiger partial charge in [-0.3, -0.25) is 9.59 Å².